The highest BCUT2D eigenvalue weighted by atomic mass is 79.9. The van der Waals surface area contributed by atoms with Crippen LogP contribution in [-0.2, 0) is 14.4 Å². The molecule has 3 N–H and O–H groups in total. The van der Waals surface area contributed by atoms with Gasteiger partial charge in [-0.1, -0.05) is 12.1 Å². The number of carboxylic acids is 1. The Labute approximate surface area is 129 Å². The minimum atomic E-state index is -1.07. The number of benzene rings is 1. The molecule has 1 heterocycles. The fourth-order valence-electron chi connectivity index (χ4n) is 2.04. The molecule has 0 aliphatic carbocycles. The van der Waals surface area contributed by atoms with Crippen LogP contribution in [0.15, 0.2) is 28.7 Å². The first kappa shape index (κ1) is 15.5. The SMILES string of the molecule is O=C1CN(CC(=O)Nc2ccccc2Br)C(C(=O)O)CN1. The van der Waals surface area contributed by atoms with Gasteiger partial charge >= 0.3 is 5.97 Å². The van der Waals surface area contributed by atoms with E-state index in [1.54, 1.807) is 18.2 Å². The van der Waals surface area contributed by atoms with Crippen molar-refractivity contribution in [3.05, 3.63) is 28.7 Å². The predicted octanol–water partition coefficient (Wildman–Crippen LogP) is 0.273. The van der Waals surface area contributed by atoms with E-state index in [1.807, 2.05) is 6.07 Å². The first-order valence-corrected chi connectivity index (χ1v) is 7.04. The van der Waals surface area contributed by atoms with Crippen molar-refractivity contribution in [3.8, 4) is 0 Å². The number of aliphatic carboxylic acids is 1. The molecular weight excluding hydrogens is 342 g/mol. The summed E-state index contributed by atoms with van der Waals surface area (Å²) < 4.78 is 0.726. The van der Waals surface area contributed by atoms with E-state index in [2.05, 4.69) is 26.6 Å². The number of halogens is 1. The average Bonchev–Trinajstić information content (AvgIpc) is 2.41. The molecule has 0 aromatic heterocycles. The number of piperazine rings is 1. The van der Waals surface area contributed by atoms with Gasteiger partial charge in [0.2, 0.25) is 11.8 Å². The monoisotopic (exact) mass is 355 g/mol. The molecule has 2 amide bonds. The number of para-hydroxylation sites is 1. The first-order valence-electron chi connectivity index (χ1n) is 6.25. The minimum Gasteiger partial charge on any atom is -0.480 e. The maximum atomic E-state index is 12.0. The number of carboxylic acid groups (broad SMARTS) is 1. The van der Waals surface area contributed by atoms with E-state index in [9.17, 15) is 14.4 Å². The largest absolute Gasteiger partial charge is 0.480 e. The van der Waals surface area contributed by atoms with Gasteiger partial charge in [0.15, 0.2) is 0 Å². The molecular formula is C13H14BrN3O4. The summed E-state index contributed by atoms with van der Waals surface area (Å²) in [7, 11) is 0. The molecule has 1 aromatic rings. The Bertz CT molecular complexity index is 578. The normalized spacial score (nSPS) is 18.9. The van der Waals surface area contributed by atoms with Gasteiger partial charge < -0.3 is 15.7 Å². The summed E-state index contributed by atoms with van der Waals surface area (Å²) in [5, 5.41) is 14.3. The van der Waals surface area contributed by atoms with E-state index < -0.39 is 12.0 Å². The van der Waals surface area contributed by atoms with Gasteiger partial charge in [0.25, 0.3) is 0 Å². The average molecular weight is 356 g/mol. The van der Waals surface area contributed by atoms with Gasteiger partial charge in [-0.05, 0) is 28.1 Å². The number of amides is 2. The molecule has 1 saturated heterocycles. The third-order valence-electron chi connectivity index (χ3n) is 3.06. The molecule has 1 unspecified atom stereocenters. The molecule has 7 nitrogen and oxygen atoms in total. The zero-order valence-corrected chi connectivity index (χ0v) is 12.6. The zero-order valence-electron chi connectivity index (χ0n) is 11.0. The van der Waals surface area contributed by atoms with Crippen LogP contribution >= 0.6 is 15.9 Å². The summed E-state index contributed by atoms with van der Waals surface area (Å²) in [5.41, 5.74) is 0.593. The van der Waals surface area contributed by atoms with Gasteiger partial charge in [-0.2, -0.15) is 0 Å². The van der Waals surface area contributed by atoms with Crippen LogP contribution in [0, 0.1) is 0 Å². The Morgan fingerprint density at radius 2 is 2.14 bits per heavy atom. The lowest BCUT2D eigenvalue weighted by Crippen LogP contribution is -2.58. The molecule has 0 bridgehead atoms. The zero-order chi connectivity index (χ0) is 15.4. The molecule has 21 heavy (non-hydrogen) atoms. The Morgan fingerprint density at radius 1 is 1.43 bits per heavy atom. The van der Waals surface area contributed by atoms with E-state index >= 15 is 0 Å². The minimum absolute atomic E-state index is 0.00349. The van der Waals surface area contributed by atoms with E-state index in [0.717, 1.165) is 4.47 Å². The Balaban J connectivity index is 2.01. The van der Waals surface area contributed by atoms with Crippen molar-refractivity contribution >= 4 is 39.4 Å². The molecule has 1 aliphatic heterocycles. The Kier molecular flexibility index (Phi) is 4.92. The van der Waals surface area contributed by atoms with E-state index in [-0.39, 0.29) is 31.4 Å². The number of hydrogen-bond acceptors (Lipinski definition) is 4. The first-order chi connectivity index (χ1) is 9.97. The van der Waals surface area contributed by atoms with E-state index in [4.69, 9.17) is 5.11 Å². The van der Waals surface area contributed by atoms with Crippen molar-refractivity contribution in [2.45, 2.75) is 6.04 Å². The lowest BCUT2D eigenvalue weighted by Gasteiger charge is -2.31. The topological polar surface area (TPSA) is 98.7 Å². The van der Waals surface area contributed by atoms with Gasteiger partial charge in [-0.3, -0.25) is 19.3 Å². The highest BCUT2D eigenvalue weighted by Crippen LogP contribution is 2.21. The fourth-order valence-corrected chi connectivity index (χ4v) is 2.42. The second-order valence-corrected chi connectivity index (χ2v) is 5.45. The predicted molar refractivity (Wildman–Crippen MR) is 78.8 cm³/mol. The second kappa shape index (κ2) is 6.68. The van der Waals surface area contributed by atoms with Crippen LogP contribution in [0.25, 0.3) is 0 Å². The summed E-state index contributed by atoms with van der Waals surface area (Å²) in [6.07, 6.45) is 0. The Hall–Kier alpha value is -1.93. The van der Waals surface area contributed by atoms with E-state index in [0.29, 0.717) is 5.69 Å². The summed E-state index contributed by atoms with van der Waals surface area (Å²) in [5.74, 6) is -1.73. The van der Waals surface area contributed by atoms with Crippen LogP contribution in [0.3, 0.4) is 0 Å². The van der Waals surface area contributed by atoms with Gasteiger partial charge in [-0.25, -0.2) is 0 Å². The van der Waals surface area contributed by atoms with Crippen molar-refractivity contribution in [2.24, 2.45) is 0 Å². The number of nitrogens with one attached hydrogen (secondary N) is 2. The molecule has 0 spiro atoms. The molecule has 1 aliphatic rings. The summed E-state index contributed by atoms with van der Waals surface area (Å²) in [4.78, 5) is 35.8. The van der Waals surface area contributed by atoms with Gasteiger partial charge in [-0.15, -0.1) is 0 Å². The highest BCUT2D eigenvalue weighted by Gasteiger charge is 2.32. The third-order valence-corrected chi connectivity index (χ3v) is 3.75. The molecule has 1 aromatic carbocycles. The maximum Gasteiger partial charge on any atom is 0.322 e. The van der Waals surface area contributed by atoms with Crippen LogP contribution in [0.4, 0.5) is 5.69 Å². The lowest BCUT2D eigenvalue weighted by atomic mass is 10.2. The maximum absolute atomic E-state index is 12.0. The number of carbonyl (C=O) groups is 3. The molecule has 8 heteroatoms. The molecule has 112 valence electrons. The summed E-state index contributed by atoms with van der Waals surface area (Å²) >= 11 is 3.31. The fraction of sp³-hybridized carbons (Fsp3) is 0.308. The van der Waals surface area contributed by atoms with Crippen molar-refractivity contribution < 1.29 is 19.5 Å². The van der Waals surface area contributed by atoms with Crippen molar-refractivity contribution in [1.29, 1.82) is 0 Å². The van der Waals surface area contributed by atoms with Crippen LogP contribution in [0.5, 0.6) is 0 Å². The number of hydrogen-bond donors (Lipinski definition) is 3. The Morgan fingerprint density at radius 3 is 2.81 bits per heavy atom. The van der Waals surface area contributed by atoms with Crippen molar-refractivity contribution in [1.82, 2.24) is 10.2 Å². The standard InChI is InChI=1S/C13H14BrN3O4/c14-8-3-1-2-4-9(8)16-12(19)7-17-6-11(18)15-5-10(17)13(20)21/h1-4,10H,5-7H2,(H,15,18)(H,16,19)(H,20,21). The van der Waals surface area contributed by atoms with Crippen LogP contribution in [-0.4, -0.2) is 53.5 Å². The molecule has 0 radical (unpaired) electrons. The molecule has 0 saturated carbocycles. The van der Waals surface area contributed by atoms with Crippen molar-refractivity contribution in [2.75, 3.05) is 25.0 Å². The number of anilines is 1. The van der Waals surface area contributed by atoms with Gasteiger partial charge in [0.05, 0.1) is 18.8 Å². The quantitative estimate of drug-likeness (QED) is 0.720. The lowest BCUT2D eigenvalue weighted by molar-refractivity contribution is -0.146. The molecule has 1 atom stereocenters. The van der Waals surface area contributed by atoms with E-state index in [1.165, 1.54) is 4.90 Å². The smallest absolute Gasteiger partial charge is 0.322 e. The van der Waals surface area contributed by atoms with Gasteiger partial charge in [0, 0.05) is 11.0 Å². The highest BCUT2D eigenvalue weighted by molar-refractivity contribution is 9.10. The molecule has 1 fully saturated rings. The number of nitrogens with zero attached hydrogens (tertiary/aromatic N) is 1. The molecule has 2 rings (SSSR count). The number of carbonyl (C=O) groups excluding carboxylic acids is 2. The summed E-state index contributed by atoms with van der Waals surface area (Å²) in [6, 6.07) is 6.20. The van der Waals surface area contributed by atoms with Crippen LogP contribution in [0.1, 0.15) is 0 Å². The van der Waals surface area contributed by atoms with Crippen molar-refractivity contribution in [3.63, 3.8) is 0 Å². The summed E-state index contributed by atoms with van der Waals surface area (Å²) in [6.45, 7) is -0.275. The third kappa shape index (κ3) is 4.02. The van der Waals surface area contributed by atoms with Gasteiger partial charge in [0.1, 0.15) is 6.04 Å². The second-order valence-electron chi connectivity index (χ2n) is 4.59. The van der Waals surface area contributed by atoms with Crippen LogP contribution in [0.2, 0.25) is 0 Å². The number of rotatable bonds is 4. The van der Waals surface area contributed by atoms with Crippen LogP contribution < -0.4 is 10.6 Å².